The van der Waals surface area contributed by atoms with Crippen LogP contribution in [0.2, 0.25) is 0 Å². The quantitative estimate of drug-likeness (QED) is 0.653. The summed E-state index contributed by atoms with van der Waals surface area (Å²) in [5.41, 5.74) is 0. The minimum absolute atomic E-state index is 0.178. The number of hydrogen-bond acceptors (Lipinski definition) is 2. The second kappa shape index (κ2) is 5.33. The third-order valence-electron chi connectivity index (χ3n) is 1.50. The van der Waals surface area contributed by atoms with Gasteiger partial charge in [-0.1, -0.05) is 6.92 Å². The minimum atomic E-state index is -1.94. The van der Waals surface area contributed by atoms with Crippen molar-refractivity contribution in [2.24, 2.45) is 0 Å². The summed E-state index contributed by atoms with van der Waals surface area (Å²) >= 11 is 10.6. The van der Waals surface area contributed by atoms with E-state index in [0.29, 0.717) is 11.5 Å². The van der Waals surface area contributed by atoms with Gasteiger partial charge in [0.25, 0.3) is 0 Å². The Morgan fingerprint density at radius 1 is 1.64 bits per heavy atom. The maximum atomic E-state index is 11.3. The van der Waals surface area contributed by atoms with E-state index in [9.17, 15) is 4.21 Å². The van der Waals surface area contributed by atoms with Crippen molar-refractivity contribution in [1.29, 1.82) is 0 Å². The number of hydrogen-bond donors (Lipinski definition) is 0. The van der Waals surface area contributed by atoms with Crippen LogP contribution in [-0.2, 0) is 19.7 Å². The zero-order valence-corrected chi connectivity index (χ0v) is 9.40. The van der Waals surface area contributed by atoms with Gasteiger partial charge in [-0.2, -0.15) is 0 Å². The predicted octanol–water partition coefficient (Wildman–Crippen LogP) is 2.16. The van der Waals surface area contributed by atoms with Crippen molar-refractivity contribution in [3.63, 3.8) is 0 Å². The van der Waals surface area contributed by atoms with E-state index in [1.54, 1.807) is 0 Å². The highest BCUT2D eigenvalue weighted by molar-refractivity contribution is 8.32. The van der Waals surface area contributed by atoms with Gasteiger partial charge < -0.3 is 0 Å². The lowest BCUT2D eigenvalue weighted by atomic mass is 10.3. The molecule has 0 rings (SSSR count). The van der Waals surface area contributed by atoms with Crippen LogP contribution in [0.15, 0.2) is 0 Å². The molecule has 0 amide bonds. The summed E-state index contributed by atoms with van der Waals surface area (Å²) in [6, 6.07) is 0. The maximum Gasteiger partial charge on any atom is 0.0308 e. The van der Waals surface area contributed by atoms with Gasteiger partial charge in [-0.3, -0.25) is 4.21 Å². The summed E-state index contributed by atoms with van der Waals surface area (Å²) in [7, 11) is -1.94. The molecule has 0 aliphatic heterocycles. The van der Waals surface area contributed by atoms with Gasteiger partial charge in [-0.15, -0.1) is 11.6 Å². The van der Waals surface area contributed by atoms with Crippen molar-refractivity contribution in [3.05, 3.63) is 0 Å². The highest BCUT2D eigenvalue weighted by Gasteiger charge is 2.03. The molecule has 0 fully saturated rings. The lowest BCUT2D eigenvalue weighted by Crippen LogP contribution is -2.08. The average Bonchev–Trinajstić information content (AvgIpc) is 1.87. The SMILES string of the molecule is CCS(=O)(=S)CCC[C@H](C)Cl. The van der Waals surface area contributed by atoms with E-state index in [0.717, 1.165) is 12.8 Å². The van der Waals surface area contributed by atoms with Crippen LogP contribution >= 0.6 is 11.6 Å². The Labute approximate surface area is 79.2 Å². The van der Waals surface area contributed by atoms with Gasteiger partial charge in [0.2, 0.25) is 0 Å². The number of rotatable bonds is 5. The second-order valence-corrected chi connectivity index (χ2v) is 7.70. The maximum absolute atomic E-state index is 11.3. The lowest BCUT2D eigenvalue weighted by molar-refractivity contribution is 0.676. The molecular formula is C7H15ClOS2. The smallest absolute Gasteiger partial charge is 0.0308 e. The van der Waals surface area contributed by atoms with Crippen LogP contribution in [0.3, 0.4) is 0 Å². The van der Waals surface area contributed by atoms with Gasteiger partial charge in [-0.05, 0) is 31.0 Å². The Balaban J connectivity index is 3.55. The Morgan fingerprint density at radius 3 is 2.55 bits per heavy atom. The van der Waals surface area contributed by atoms with Crippen molar-refractivity contribution < 1.29 is 4.21 Å². The molecule has 68 valence electrons. The van der Waals surface area contributed by atoms with Crippen molar-refractivity contribution in [2.75, 3.05) is 11.5 Å². The standard InChI is InChI=1S/C7H15ClOS2/c1-3-11(9,10)6-4-5-7(2)8/h7H,3-6H2,1-2H3/t7-,11?/m0/s1. The third-order valence-corrected chi connectivity index (χ3v) is 4.71. The van der Waals surface area contributed by atoms with Crippen molar-refractivity contribution in [1.82, 2.24) is 0 Å². The zero-order valence-electron chi connectivity index (χ0n) is 7.01. The molecule has 0 heterocycles. The third kappa shape index (κ3) is 7.04. The molecule has 0 aromatic rings. The molecule has 0 saturated carbocycles. The van der Waals surface area contributed by atoms with Gasteiger partial charge in [0.05, 0.1) is 0 Å². The first-order chi connectivity index (χ1) is 4.98. The first kappa shape index (κ1) is 11.7. The second-order valence-electron chi connectivity index (χ2n) is 2.66. The molecule has 0 aliphatic rings. The lowest BCUT2D eigenvalue weighted by Gasteiger charge is -2.04. The number of halogens is 1. The van der Waals surface area contributed by atoms with Crippen LogP contribution in [-0.4, -0.2) is 21.1 Å². The fourth-order valence-corrected chi connectivity index (χ4v) is 2.13. The highest BCUT2D eigenvalue weighted by Crippen LogP contribution is 2.05. The van der Waals surface area contributed by atoms with Gasteiger partial charge in [0.15, 0.2) is 0 Å². The van der Waals surface area contributed by atoms with E-state index >= 15 is 0 Å². The minimum Gasteiger partial charge on any atom is -0.257 e. The van der Waals surface area contributed by atoms with Crippen LogP contribution in [0.4, 0.5) is 0 Å². The van der Waals surface area contributed by atoms with Gasteiger partial charge in [0.1, 0.15) is 0 Å². The molecule has 0 aromatic carbocycles. The topological polar surface area (TPSA) is 17.1 Å². The summed E-state index contributed by atoms with van der Waals surface area (Å²) in [5, 5.41) is 0.178. The van der Waals surface area contributed by atoms with Crippen molar-refractivity contribution in [2.45, 2.75) is 32.1 Å². The molecular weight excluding hydrogens is 200 g/mol. The zero-order chi connectivity index (χ0) is 8.91. The number of alkyl halides is 1. The van der Waals surface area contributed by atoms with E-state index in [-0.39, 0.29) is 5.38 Å². The van der Waals surface area contributed by atoms with Crippen LogP contribution in [0, 0.1) is 0 Å². The van der Waals surface area contributed by atoms with E-state index in [1.165, 1.54) is 0 Å². The summed E-state index contributed by atoms with van der Waals surface area (Å²) in [6.45, 7) is 3.82. The monoisotopic (exact) mass is 214 g/mol. The summed E-state index contributed by atoms with van der Waals surface area (Å²) in [5.74, 6) is 1.26. The Hall–Kier alpha value is 0.660. The Morgan fingerprint density at radius 2 is 2.18 bits per heavy atom. The molecule has 0 N–H and O–H groups in total. The van der Waals surface area contributed by atoms with E-state index in [2.05, 4.69) is 0 Å². The summed E-state index contributed by atoms with van der Waals surface area (Å²) < 4.78 is 11.3. The van der Waals surface area contributed by atoms with Gasteiger partial charge in [-0.25, -0.2) is 0 Å². The molecule has 0 spiro atoms. The summed E-state index contributed by atoms with van der Waals surface area (Å²) in [4.78, 5) is 0. The predicted molar refractivity (Wildman–Crippen MR) is 55.5 cm³/mol. The molecule has 4 heteroatoms. The van der Waals surface area contributed by atoms with Crippen molar-refractivity contribution in [3.8, 4) is 0 Å². The van der Waals surface area contributed by atoms with Gasteiger partial charge in [0, 0.05) is 25.4 Å². The molecule has 0 radical (unpaired) electrons. The van der Waals surface area contributed by atoms with Crippen LogP contribution < -0.4 is 0 Å². The van der Waals surface area contributed by atoms with E-state index in [1.807, 2.05) is 13.8 Å². The molecule has 1 nitrogen and oxygen atoms in total. The highest BCUT2D eigenvalue weighted by atomic mass is 35.5. The van der Waals surface area contributed by atoms with E-state index in [4.69, 9.17) is 22.8 Å². The fraction of sp³-hybridized carbons (Fsp3) is 1.00. The average molecular weight is 215 g/mol. The van der Waals surface area contributed by atoms with Crippen LogP contribution in [0.25, 0.3) is 0 Å². The van der Waals surface area contributed by atoms with Crippen LogP contribution in [0.1, 0.15) is 26.7 Å². The molecule has 0 aliphatic carbocycles. The Bertz CT molecular complexity index is 185. The van der Waals surface area contributed by atoms with E-state index < -0.39 is 8.49 Å². The van der Waals surface area contributed by atoms with Crippen molar-refractivity contribution >= 4 is 31.3 Å². The first-order valence-corrected chi connectivity index (χ1v) is 7.08. The fourth-order valence-electron chi connectivity index (χ4n) is 0.729. The molecule has 1 unspecified atom stereocenters. The molecule has 2 atom stereocenters. The molecule has 0 bridgehead atoms. The Kier molecular flexibility index (Phi) is 5.65. The molecule has 11 heavy (non-hydrogen) atoms. The van der Waals surface area contributed by atoms with Crippen LogP contribution in [0.5, 0.6) is 0 Å². The normalized spacial score (nSPS) is 19.2. The van der Waals surface area contributed by atoms with Gasteiger partial charge >= 0.3 is 0 Å². The molecule has 0 aromatic heterocycles. The summed E-state index contributed by atoms with van der Waals surface area (Å²) in [6.07, 6.45) is 1.80. The largest absolute Gasteiger partial charge is 0.257 e. The first-order valence-electron chi connectivity index (χ1n) is 3.82. The molecule has 0 saturated heterocycles.